The molecule has 4 nitrogen and oxygen atoms in total. The number of carbonyl (C=O) groups is 2. The van der Waals surface area contributed by atoms with Crippen LogP contribution in [0.1, 0.15) is 11.6 Å². The standard InChI is InChI=1S/C15H11F2NO3/c16-11-6-12(17)8-13(7-11)18(9-19)14(15(20)21)10-4-2-1-3-5-10/h1-9,14H,(H,20,21). The fourth-order valence-electron chi connectivity index (χ4n) is 2.02. The van der Waals surface area contributed by atoms with Crippen molar-refractivity contribution in [3.8, 4) is 0 Å². The van der Waals surface area contributed by atoms with Crippen molar-refractivity contribution >= 4 is 18.1 Å². The van der Waals surface area contributed by atoms with Crippen molar-refractivity contribution in [2.75, 3.05) is 4.90 Å². The molecular weight excluding hydrogens is 280 g/mol. The number of nitrogens with zero attached hydrogens (tertiary/aromatic N) is 1. The van der Waals surface area contributed by atoms with Gasteiger partial charge in [-0.05, 0) is 17.7 Å². The van der Waals surface area contributed by atoms with Crippen molar-refractivity contribution in [2.24, 2.45) is 0 Å². The van der Waals surface area contributed by atoms with E-state index in [4.69, 9.17) is 0 Å². The molecule has 1 N–H and O–H groups in total. The highest BCUT2D eigenvalue weighted by molar-refractivity contribution is 5.89. The molecule has 0 saturated heterocycles. The molecule has 0 bridgehead atoms. The average Bonchev–Trinajstić information content (AvgIpc) is 2.44. The molecule has 0 saturated carbocycles. The number of halogens is 2. The lowest BCUT2D eigenvalue weighted by molar-refractivity contribution is -0.139. The molecule has 0 aliphatic carbocycles. The van der Waals surface area contributed by atoms with Gasteiger partial charge in [0.15, 0.2) is 6.04 Å². The zero-order valence-corrected chi connectivity index (χ0v) is 10.7. The molecule has 0 aromatic heterocycles. The molecule has 0 heterocycles. The van der Waals surface area contributed by atoms with E-state index < -0.39 is 23.6 Å². The minimum atomic E-state index is -1.37. The first-order valence-corrected chi connectivity index (χ1v) is 6.00. The number of hydrogen-bond donors (Lipinski definition) is 1. The molecule has 0 aliphatic heterocycles. The van der Waals surface area contributed by atoms with Crippen LogP contribution in [-0.2, 0) is 9.59 Å². The third kappa shape index (κ3) is 3.22. The van der Waals surface area contributed by atoms with Crippen LogP contribution in [0.5, 0.6) is 0 Å². The fourth-order valence-corrected chi connectivity index (χ4v) is 2.02. The number of carbonyl (C=O) groups excluding carboxylic acids is 1. The van der Waals surface area contributed by atoms with E-state index in [9.17, 15) is 23.5 Å². The first-order chi connectivity index (χ1) is 10.0. The fraction of sp³-hybridized carbons (Fsp3) is 0.0667. The molecule has 1 atom stereocenters. The molecule has 2 rings (SSSR count). The van der Waals surface area contributed by atoms with Crippen LogP contribution in [0.4, 0.5) is 14.5 Å². The summed E-state index contributed by atoms with van der Waals surface area (Å²) >= 11 is 0. The van der Waals surface area contributed by atoms with Gasteiger partial charge in [-0.2, -0.15) is 0 Å². The van der Waals surface area contributed by atoms with Gasteiger partial charge in [0.25, 0.3) is 0 Å². The second-order valence-electron chi connectivity index (χ2n) is 4.29. The number of amides is 1. The quantitative estimate of drug-likeness (QED) is 0.862. The number of aliphatic carboxylic acids is 1. The van der Waals surface area contributed by atoms with E-state index in [0.717, 1.165) is 17.0 Å². The minimum Gasteiger partial charge on any atom is -0.479 e. The summed E-state index contributed by atoms with van der Waals surface area (Å²) in [5.41, 5.74) is 0.153. The molecule has 108 valence electrons. The van der Waals surface area contributed by atoms with Gasteiger partial charge in [-0.25, -0.2) is 13.6 Å². The maximum Gasteiger partial charge on any atom is 0.331 e. The Labute approximate surface area is 119 Å². The normalized spacial score (nSPS) is 11.7. The lowest BCUT2D eigenvalue weighted by atomic mass is 10.1. The number of anilines is 1. The van der Waals surface area contributed by atoms with Crippen LogP contribution in [0, 0.1) is 11.6 Å². The van der Waals surface area contributed by atoms with E-state index in [-0.39, 0.29) is 12.1 Å². The van der Waals surface area contributed by atoms with Crippen LogP contribution >= 0.6 is 0 Å². The predicted octanol–water partition coefficient (Wildman–Crippen LogP) is 2.75. The summed E-state index contributed by atoms with van der Waals surface area (Å²) in [7, 11) is 0. The molecule has 1 unspecified atom stereocenters. The van der Waals surface area contributed by atoms with E-state index in [1.54, 1.807) is 18.2 Å². The maximum atomic E-state index is 13.3. The Morgan fingerprint density at radius 2 is 1.67 bits per heavy atom. The second-order valence-corrected chi connectivity index (χ2v) is 4.29. The van der Waals surface area contributed by atoms with Crippen molar-refractivity contribution in [2.45, 2.75) is 6.04 Å². The Hall–Kier alpha value is -2.76. The van der Waals surface area contributed by atoms with Crippen LogP contribution in [-0.4, -0.2) is 17.5 Å². The van der Waals surface area contributed by atoms with Gasteiger partial charge in [-0.3, -0.25) is 9.69 Å². The minimum absolute atomic E-state index is 0.168. The zero-order chi connectivity index (χ0) is 15.4. The van der Waals surface area contributed by atoms with E-state index in [1.807, 2.05) is 0 Å². The predicted molar refractivity (Wildman–Crippen MR) is 71.7 cm³/mol. The van der Waals surface area contributed by atoms with E-state index in [2.05, 4.69) is 0 Å². The number of carboxylic acids is 1. The largest absolute Gasteiger partial charge is 0.479 e. The van der Waals surface area contributed by atoms with E-state index in [0.29, 0.717) is 11.6 Å². The molecule has 0 fully saturated rings. The van der Waals surface area contributed by atoms with E-state index in [1.165, 1.54) is 12.1 Å². The molecular formula is C15H11F2NO3. The van der Waals surface area contributed by atoms with Gasteiger partial charge >= 0.3 is 5.97 Å². The van der Waals surface area contributed by atoms with Crippen LogP contribution in [0.3, 0.4) is 0 Å². The molecule has 2 aromatic rings. The lowest BCUT2D eigenvalue weighted by Crippen LogP contribution is -2.33. The maximum absolute atomic E-state index is 13.3. The topological polar surface area (TPSA) is 57.6 Å². The number of rotatable bonds is 5. The summed E-state index contributed by atoms with van der Waals surface area (Å²) in [4.78, 5) is 23.5. The molecule has 0 spiro atoms. The van der Waals surface area contributed by atoms with E-state index >= 15 is 0 Å². The number of carboxylic acid groups (broad SMARTS) is 1. The summed E-state index contributed by atoms with van der Waals surface area (Å²) in [5, 5.41) is 9.34. The van der Waals surface area contributed by atoms with Gasteiger partial charge in [-0.15, -0.1) is 0 Å². The second kappa shape index (κ2) is 6.13. The van der Waals surface area contributed by atoms with Crippen LogP contribution < -0.4 is 4.90 Å². The van der Waals surface area contributed by atoms with Gasteiger partial charge in [0, 0.05) is 6.07 Å². The number of benzene rings is 2. The first kappa shape index (κ1) is 14.6. The zero-order valence-electron chi connectivity index (χ0n) is 10.7. The molecule has 1 amide bonds. The van der Waals surface area contributed by atoms with Gasteiger partial charge < -0.3 is 5.11 Å². The van der Waals surface area contributed by atoms with Crippen LogP contribution in [0.25, 0.3) is 0 Å². The Kier molecular flexibility index (Phi) is 4.27. The van der Waals surface area contributed by atoms with Crippen LogP contribution in [0.15, 0.2) is 48.5 Å². The van der Waals surface area contributed by atoms with Crippen molar-refractivity contribution in [3.05, 3.63) is 65.7 Å². The van der Waals surface area contributed by atoms with Gasteiger partial charge in [0.05, 0.1) is 5.69 Å². The van der Waals surface area contributed by atoms with Crippen LogP contribution in [0.2, 0.25) is 0 Å². The Balaban J connectivity index is 2.50. The highest BCUT2D eigenvalue weighted by Gasteiger charge is 2.28. The van der Waals surface area contributed by atoms with Gasteiger partial charge in [0.1, 0.15) is 11.6 Å². The van der Waals surface area contributed by atoms with Crippen molar-refractivity contribution in [1.82, 2.24) is 0 Å². The smallest absolute Gasteiger partial charge is 0.331 e. The highest BCUT2D eigenvalue weighted by Crippen LogP contribution is 2.27. The first-order valence-electron chi connectivity index (χ1n) is 6.00. The Morgan fingerprint density at radius 3 is 2.14 bits per heavy atom. The summed E-state index contributed by atoms with van der Waals surface area (Å²) < 4.78 is 26.5. The summed E-state index contributed by atoms with van der Waals surface area (Å²) in [6, 6.07) is 9.02. The monoisotopic (exact) mass is 291 g/mol. The summed E-state index contributed by atoms with van der Waals surface area (Å²) in [5.74, 6) is -3.10. The molecule has 0 radical (unpaired) electrons. The van der Waals surface area contributed by atoms with Gasteiger partial charge in [0.2, 0.25) is 6.41 Å². The van der Waals surface area contributed by atoms with Crippen molar-refractivity contribution in [1.29, 1.82) is 0 Å². The molecule has 21 heavy (non-hydrogen) atoms. The van der Waals surface area contributed by atoms with Crippen molar-refractivity contribution in [3.63, 3.8) is 0 Å². The third-order valence-corrected chi connectivity index (χ3v) is 2.89. The summed E-state index contributed by atoms with van der Waals surface area (Å²) in [6.45, 7) is 0. The molecule has 6 heteroatoms. The Morgan fingerprint density at radius 1 is 1.10 bits per heavy atom. The Bertz CT molecular complexity index is 641. The average molecular weight is 291 g/mol. The lowest BCUT2D eigenvalue weighted by Gasteiger charge is -2.25. The SMILES string of the molecule is O=CN(c1cc(F)cc(F)c1)C(C(=O)O)c1ccccc1. The third-order valence-electron chi connectivity index (χ3n) is 2.89. The molecule has 2 aromatic carbocycles. The highest BCUT2D eigenvalue weighted by atomic mass is 19.1. The molecule has 0 aliphatic rings. The van der Waals surface area contributed by atoms with Crippen molar-refractivity contribution < 1.29 is 23.5 Å². The van der Waals surface area contributed by atoms with Gasteiger partial charge in [-0.1, -0.05) is 30.3 Å². The number of hydrogen-bond acceptors (Lipinski definition) is 2. The summed E-state index contributed by atoms with van der Waals surface area (Å²) in [6.07, 6.45) is 0.236.